The van der Waals surface area contributed by atoms with Crippen molar-refractivity contribution in [2.75, 3.05) is 33.3 Å². The third-order valence-electron chi connectivity index (χ3n) is 5.55. The average Bonchev–Trinajstić information content (AvgIpc) is 2.67. The minimum absolute atomic E-state index is 0.0143. The van der Waals surface area contributed by atoms with Crippen LogP contribution in [-0.4, -0.2) is 77.9 Å². The van der Waals surface area contributed by atoms with Crippen molar-refractivity contribution in [2.24, 2.45) is 0 Å². The van der Waals surface area contributed by atoms with Gasteiger partial charge in [-0.05, 0) is 45.4 Å². The fraction of sp³-hybridized carbons (Fsp3) is 0.600. The van der Waals surface area contributed by atoms with E-state index < -0.39 is 11.6 Å². The lowest BCUT2D eigenvalue weighted by molar-refractivity contribution is -0.131. The van der Waals surface area contributed by atoms with Gasteiger partial charge in [0.2, 0.25) is 5.91 Å². The Bertz CT molecular complexity index is 724. The Labute approximate surface area is 165 Å². The Morgan fingerprint density at radius 2 is 2.04 bits per heavy atom. The molecule has 1 aromatic rings. The summed E-state index contributed by atoms with van der Waals surface area (Å²) in [4.78, 5) is 27.2. The van der Waals surface area contributed by atoms with Gasteiger partial charge in [-0.25, -0.2) is 4.79 Å². The van der Waals surface area contributed by atoms with E-state index >= 15 is 0 Å². The molecule has 0 bridgehead atoms. The maximum atomic E-state index is 12.6. The molecule has 2 heterocycles. The van der Waals surface area contributed by atoms with Crippen molar-refractivity contribution in [1.29, 1.82) is 0 Å². The molecule has 2 aliphatic rings. The molecule has 2 atom stereocenters. The zero-order valence-electron chi connectivity index (χ0n) is 16.7. The number of likely N-dealkylation sites (N-methyl/N-ethyl adjacent to an activating group) is 1. The predicted octanol–water partition coefficient (Wildman–Crippen LogP) is 1.80. The molecule has 8 heteroatoms. The quantitative estimate of drug-likeness (QED) is 0.795. The lowest BCUT2D eigenvalue weighted by Crippen LogP contribution is -2.59. The molecule has 1 saturated heterocycles. The monoisotopic (exact) mass is 391 g/mol. The van der Waals surface area contributed by atoms with Crippen LogP contribution in [0, 0.1) is 0 Å². The number of amides is 2. The Morgan fingerprint density at radius 1 is 1.32 bits per heavy atom. The molecule has 8 nitrogen and oxygen atoms in total. The van der Waals surface area contributed by atoms with Crippen molar-refractivity contribution in [3.63, 3.8) is 0 Å². The summed E-state index contributed by atoms with van der Waals surface area (Å²) in [5.74, 6) is 1.25. The van der Waals surface area contributed by atoms with Crippen LogP contribution in [0.4, 0.5) is 4.79 Å². The van der Waals surface area contributed by atoms with Gasteiger partial charge in [0, 0.05) is 26.2 Å². The molecule has 28 heavy (non-hydrogen) atoms. The number of para-hydroxylation sites is 2. The smallest absolute Gasteiger partial charge is 0.407 e. The molecular weight excluding hydrogens is 362 g/mol. The van der Waals surface area contributed by atoms with Gasteiger partial charge in [-0.1, -0.05) is 12.1 Å². The van der Waals surface area contributed by atoms with Gasteiger partial charge in [-0.2, -0.15) is 0 Å². The molecule has 2 N–H and O–H groups in total. The first kappa shape index (κ1) is 20.3. The molecule has 0 aromatic heterocycles. The molecule has 2 aliphatic heterocycles. The van der Waals surface area contributed by atoms with Gasteiger partial charge in [-0.3, -0.25) is 14.6 Å². The van der Waals surface area contributed by atoms with E-state index in [9.17, 15) is 14.7 Å². The van der Waals surface area contributed by atoms with E-state index in [2.05, 4.69) is 10.2 Å². The molecular formula is C20H29N3O5. The first-order chi connectivity index (χ1) is 13.3. The number of fused-ring (bicyclic) bond motifs is 1. The second-order valence-electron chi connectivity index (χ2n) is 7.97. The van der Waals surface area contributed by atoms with E-state index in [1.165, 1.54) is 7.05 Å². The maximum absolute atomic E-state index is 12.6. The molecule has 0 saturated carbocycles. The van der Waals surface area contributed by atoms with Crippen molar-refractivity contribution in [3.8, 4) is 11.5 Å². The van der Waals surface area contributed by atoms with Gasteiger partial charge in [0.05, 0.1) is 0 Å². The predicted molar refractivity (Wildman–Crippen MR) is 104 cm³/mol. The van der Waals surface area contributed by atoms with Crippen LogP contribution in [0.1, 0.15) is 26.7 Å². The summed E-state index contributed by atoms with van der Waals surface area (Å²) in [5, 5.41) is 12.2. The van der Waals surface area contributed by atoms with Crippen LogP contribution in [-0.2, 0) is 4.79 Å². The second-order valence-corrected chi connectivity index (χ2v) is 7.97. The number of hydrogen-bond acceptors (Lipinski definition) is 5. The Hall–Kier alpha value is -2.48. The number of carboxylic acid groups (broad SMARTS) is 1. The molecule has 0 aliphatic carbocycles. The third kappa shape index (κ3) is 4.49. The molecule has 1 fully saturated rings. The first-order valence-corrected chi connectivity index (χ1v) is 9.66. The summed E-state index contributed by atoms with van der Waals surface area (Å²) in [6.07, 6.45) is 0.656. The van der Waals surface area contributed by atoms with Gasteiger partial charge in [0.1, 0.15) is 18.2 Å². The molecule has 1 aromatic carbocycles. The minimum Gasteiger partial charge on any atom is -0.486 e. The van der Waals surface area contributed by atoms with Crippen molar-refractivity contribution in [2.45, 2.75) is 44.4 Å². The van der Waals surface area contributed by atoms with Crippen LogP contribution in [0.3, 0.4) is 0 Å². The summed E-state index contributed by atoms with van der Waals surface area (Å²) in [5.41, 5.74) is -1.13. The van der Waals surface area contributed by atoms with Crippen molar-refractivity contribution >= 4 is 12.0 Å². The molecule has 154 valence electrons. The van der Waals surface area contributed by atoms with Crippen molar-refractivity contribution in [3.05, 3.63) is 24.3 Å². The highest BCUT2D eigenvalue weighted by atomic mass is 16.6. The Morgan fingerprint density at radius 3 is 2.75 bits per heavy atom. The van der Waals surface area contributed by atoms with Gasteiger partial charge in [0.25, 0.3) is 0 Å². The number of nitrogens with one attached hydrogen (secondary N) is 1. The summed E-state index contributed by atoms with van der Waals surface area (Å²) in [6.45, 7) is 6.09. The van der Waals surface area contributed by atoms with Crippen LogP contribution in [0.5, 0.6) is 11.5 Å². The van der Waals surface area contributed by atoms with Crippen LogP contribution >= 0.6 is 0 Å². The highest BCUT2D eigenvalue weighted by molar-refractivity contribution is 5.88. The summed E-state index contributed by atoms with van der Waals surface area (Å²) in [7, 11) is 1.41. The van der Waals surface area contributed by atoms with Crippen LogP contribution < -0.4 is 14.8 Å². The summed E-state index contributed by atoms with van der Waals surface area (Å²) >= 11 is 0. The van der Waals surface area contributed by atoms with Gasteiger partial charge in [0.15, 0.2) is 11.5 Å². The number of carbonyl (C=O) groups excluding carboxylic acids is 1. The van der Waals surface area contributed by atoms with E-state index in [-0.39, 0.29) is 18.1 Å². The Kier molecular flexibility index (Phi) is 5.98. The minimum atomic E-state index is -1.13. The number of carbonyl (C=O) groups is 2. The van der Waals surface area contributed by atoms with Crippen molar-refractivity contribution < 1.29 is 24.2 Å². The number of rotatable bonds is 5. The zero-order chi connectivity index (χ0) is 20.3. The maximum Gasteiger partial charge on any atom is 0.407 e. The van der Waals surface area contributed by atoms with E-state index in [1.807, 2.05) is 24.3 Å². The van der Waals surface area contributed by atoms with Gasteiger partial charge in [-0.15, -0.1) is 0 Å². The highest BCUT2D eigenvalue weighted by Gasteiger charge is 2.37. The number of ether oxygens (including phenoxy) is 2. The molecule has 0 unspecified atom stereocenters. The molecule has 2 amide bonds. The Balaban J connectivity index is 1.53. The molecule has 0 radical (unpaired) electrons. The number of nitrogens with zero attached hydrogens (tertiary/aromatic N) is 2. The number of likely N-dealkylation sites (tertiary alicyclic amines) is 1. The normalized spacial score (nSPS) is 22.4. The topological polar surface area (TPSA) is 91.3 Å². The largest absolute Gasteiger partial charge is 0.486 e. The lowest BCUT2D eigenvalue weighted by Gasteiger charge is -2.38. The van der Waals surface area contributed by atoms with Crippen LogP contribution in [0.15, 0.2) is 24.3 Å². The van der Waals surface area contributed by atoms with Gasteiger partial charge >= 0.3 is 6.09 Å². The van der Waals surface area contributed by atoms with Gasteiger partial charge < -0.3 is 19.9 Å². The van der Waals surface area contributed by atoms with E-state index in [4.69, 9.17) is 9.47 Å². The lowest BCUT2D eigenvalue weighted by atomic mass is 9.99. The van der Waals surface area contributed by atoms with E-state index in [1.54, 1.807) is 13.8 Å². The fourth-order valence-electron chi connectivity index (χ4n) is 3.53. The molecule has 0 spiro atoms. The SMILES string of the molecule is CN(C(=O)O)C(C)(C)C(=O)N[C@H]1CCCN(C[C@H]2COc3ccccc3O2)C1. The number of piperidine rings is 1. The third-order valence-corrected chi connectivity index (χ3v) is 5.55. The standard InChI is InChI=1S/C20H29N3O5/c1-20(2,22(3)19(25)26)18(24)21-14-7-6-10-23(11-14)12-15-13-27-16-8-4-5-9-17(16)28-15/h4-5,8-9,14-15H,6-7,10-13H2,1-3H3,(H,21,24)(H,25,26)/t14-,15-/m0/s1. The number of hydrogen-bond donors (Lipinski definition) is 2. The highest BCUT2D eigenvalue weighted by Crippen LogP contribution is 2.31. The summed E-state index contributed by atoms with van der Waals surface area (Å²) < 4.78 is 11.8. The number of benzene rings is 1. The zero-order valence-corrected chi connectivity index (χ0v) is 16.7. The van der Waals surface area contributed by atoms with Crippen LogP contribution in [0.25, 0.3) is 0 Å². The van der Waals surface area contributed by atoms with Crippen LogP contribution in [0.2, 0.25) is 0 Å². The first-order valence-electron chi connectivity index (χ1n) is 9.66. The second kappa shape index (κ2) is 8.26. The average molecular weight is 391 g/mol. The van der Waals surface area contributed by atoms with E-state index in [0.29, 0.717) is 13.2 Å². The van der Waals surface area contributed by atoms with Crippen molar-refractivity contribution in [1.82, 2.24) is 15.1 Å². The fourth-order valence-corrected chi connectivity index (χ4v) is 3.53. The summed E-state index contributed by atoms with van der Waals surface area (Å²) in [6, 6.07) is 7.63. The molecule has 3 rings (SSSR count). The van der Waals surface area contributed by atoms with E-state index in [0.717, 1.165) is 42.3 Å².